The molecule has 0 unspecified atom stereocenters. The standard InChI is InChI=1S/C16H20O6/c1-9(17)21-13(19)15-4-11-3-12(5-15)7-16(6-11,8-15)14(20)22-10(2)18/h11-12H,3-8H2,1-2H3. The van der Waals surface area contributed by atoms with Crippen molar-refractivity contribution in [3.8, 4) is 0 Å². The molecule has 0 aromatic carbocycles. The second kappa shape index (κ2) is 4.89. The Morgan fingerprint density at radius 2 is 1.14 bits per heavy atom. The summed E-state index contributed by atoms with van der Waals surface area (Å²) >= 11 is 0. The number of rotatable bonds is 2. The minimum atomic E-state index is -0.772. The van der Waals surface area contributed by atoms with Crippen molar-refractivity contribution >= 4 is 23.9 Å². The van der Waals surface area contributed by atoms with Crippen molar-refractivity contribution in [2.75, 3.05) is 0 Å². The van der Waals surface area contributed by atoms with E-state index in [1.165, 1.54) is 13.8 Å². The molecule has 0 saturated heterocycles. The molecule has 0 aromatic heterocycles. The molecule has 0 N–H and O–H groups in total. The van der Waals surface area contributed by atoms with Crippen LogP contribution in [0.3, 0.4) is 0 Å². The van der Waals surface area contributed by atoms with Crippen molar-refractivity contribution in [3.63, 3.8) is 0 Å². The number of carbonyl (C=O) groups excluding carboxylic acids is 4. The first-order valence-corrected chi connectivity index (χ1v) is 7.70. The molecule has 4 aliphatic rings. The lowest BCUT2D eigenvalue weighted by Gasteiger charge is -2.59. The molecule has 0 aliphatic heterocycles. The van der Waals surface area contributed by atoms with E-state index in [1.54, 1.807) is 0 Å². The highest BCUT2D eigenvalue weighted by Gasteiger charge is 2.64. The van der Waals surface area contributed by atoms with Gasteiger partial charge in [-0.15, -0.1) is 0 Å². The number of ether oxygens (including phenoxy) is 2. The maximum absolute atomic E-state index is 12.4. The smallest absolute Gasteiger partial charge is 0.319 e. The molecular formula is C16H20O6. The third kappa shape index (κ3) is 2.34. The van der Waals surface area contributed by atoms with Crippen LogP contribution in [0, 0.1) is 22.7 Å². The summed E-state index contributed by atoms with van der Waals surface area (Å²) in [6.07, 6.45) is 3.94. The van der Waals surface area contributed by atoms with Gasteiger partial charge in [-0.25, -0.2) is 0 Å². The van der Waals surface area contributed by atoms with E-state index in [0.717, 1.165) is 6.42 Å². The SMILES string of the molecule is CC(=O)OC(=O)C12CC3CC(C1)CC(C(=O)OC(C)=O)(C3)C2. The van der Waals surface area contributed by atoms with Gasteiger partial charge in [0.15, 0.2) is 0 Å². The third-order valence-electron chi connectivity index (χ3n) is 5.40. The molecule has 6 heteroatoms. The maximum Gasteiger partial charge on any atom is 0.319 e. The van der Waals surface area contributed by atoms with Gasteiger partial charge in [-0.3, -0.25) is 19.2 Å². The Balaban J connectivity index is 1.90. The molecule has 4 fully saturated rings. The molecule has 0 atom stereocenters. The van der Waals surface area contributed by atoms with Crippen LogP contribution in [0.5, 0.6) is 0 Å². The van der Waals surface area contributed by atoms with Gasteiger partial charge in [0.05, 0.1) is 10.8 Å². The lowest BCUT2D eigenvalue weighted by atomic mass is 9.44. The zero-order valence-corrected chi connectivity index (χ0v) is 12.8. The summed E-state index contributed by atoms with van der Waals surface area (Å²) in [5.41, 5.74) is -1.54. The third-order valence-corrected chi connectivity index (χ3v) is 5.40. The van der Waals surface area contributed by atoms with Crippen molar-refractivity contribution in [1.82, 2.24) is 0 Å². The van der Waals surface area contributed by atoms with Crippen LogP contribution in [-0.4, -0.2) is 23.9 Å². The lowest BCUT2D eigenvalue weighted by Crippen LogP contribution is -2.58. The second-order valence-electron chi connectivity index (χ2n) is 7.28. The predicted octanol–water partition coefficient (Wildman–Crippen LogP) is 1.75. The highest BCUT2D eigenvalue weighted by molar-refractivity contribution is 5.91. The van der Waals surface area contributed by atoms with Crippen molar-refractivity contribution in [3.05, 3.63) is 0 Å². The summed E-state index contributed by atoms with van der Waals surface area (Å²) in [6.45, 7) is 2.41. The lowest BCUT2D eigenvalue weighted by molar-refractivity contribution is -0.195. The monoisotopic (exact) mass is 308 g/mol. The highest BCUT2D eigenvalue weighted by atomic mass is 16.6. The van der Waals surface area contributed by atoms with Gasteiger partial charge in [0, 0.05) is 13.8 Å². The van der Waals surface area contributed by atoms with Gasteiger partial charge in [0.2, 0.25) is 0 Å². The quantitative estimate of drug-likeness (QED) is 0.570. The summed E-state index contributed by atoms with van der Waals surface area (Å²) in [7, 11) is 0. The number of esters is 4. The predicted molar refractivity (Wildman–Crippen MR) is 73.1 cm³/mol. The Hall–Kier alpha value is -1.72. The first-order valence-electron chi connectivity index (χ1n) is 7.70. The van der Waals surface area contributed by atoms with Crippen molar-refractivity contribution in [1.29, 1.82) is 0 Å². The second-order valence-corrected chi connectivity index (χ2v) is 7.28. The molecule has 0 aromatic rings. The van der Waals surface area contributed by atoms with Crippen LogP contribution < -0.4 is 0 Å². The molecule has 0 heterocycles. The molecule has 4 bridgehead atoms. The van der Waals surface area contributed by atoms with E-state index < -0.39 is 34.7 Å². The maximum atomic E-state index is 12.4. The molecule has 6 nitrogen and oxygen atoms in total. The fraction of sp³-hybridized carbons (Fsp3) is 0.750. The van der Waals surface area contributed by atoms with Crippen LogP contribution in [0.15, 0.2) is 0 Å². The molecule has 22 heavy (non-hydrogen) atoms. The van der Waals surface area contributed by atoms with Gasteiger partial charge < -0.3 is 9.47 Å². The van der Waals surface area contributed by atoms with Gasteiger partial charge in [0.25, 0.3) is 0 Å². The van der Waals surface area contributed by atoms with Crippen molar-refractivity contribution in [2.24, 2.45) is 22.7 Å². The van der Waals surface area contributed by atoms with E-state index in [9.17, 15) is 19.2 Å². The zero-order valence-electron chi connectivity index (χ0n) is 12.8. The van der Waals surface area contributed by atoms with Crippen LogP contribution in [0.4, 0.5) is 0 Å². The number of hydrogen-bond acceptors (Lipinski definition) is 6. The van der Waals surface area contributed by atoms with E-state index in [4.69, 9.17) is 9.47 Å². The summed E-state index contributed by atoms with van der Waals surface area (Å²) in [5.74, 6) is -1.79. The van der Waals surface area contributed by atoms with E-state index in [1.807, 2.05) is 0 Å². The van der Waals surface area contributed by atoms with Crippen LogP contribution in [0.2, 0.25) is 0 Å². The summed E-state index contributed by atoms with van der Waals surface area (Å²) < 4.78 is 9.69. The minimum absolute atomic E-state index is 0.250. The molecule has 4 rings (SSSR count). The Morgan fingerprint density at radius 3 is 1.45 bits per heavy atom. The van der Waals surface area contributed by atoms with Crippen LogP contribution in [0.1, 0.15) is 52.4 Å². The Bertz CT molecular complexity index is 503. The van der Waals surface area contributed by atoms with Crippen molar-refractivity contribution in [2.45, 2.75) is 52.4 Å². The number of carbonyl (C=O) groups is 4. The van der Waals surface area contributed by atoms with Crippen LogP contribution >= 0.6 is 0 Å². The van der Waals surface area contributed by atoms with Crippen LogP contribution in [0.25, 0.3) is 0 Å². The van der Waals surface area contributed by atoms with E-state index in [-0.39, 0.29) is 11.8 Å². The Morgan fingerprint density at radius 1 is 0.773 bits per heavy atom. The topological polar surface area (TPSA) is 86.7 Å². The first kappa shape index (κ1) is 15.2. The zero-order chi connectivity index (χ0) is 16.1. The molecule has 0 amide bonds. The first-order chi connectivity index (χ1) is 10.2. The molecule has 4 aliphatic carbocycles. The Kier molecular flexibility index (Phi) is 3.38. The summed E-state index contributed by atoms with van der Waals surface area (Å²) in [5, 5.41) is 0. The highest BCUT2D eigenvalue weighted by Crippen LogP contribution is 2.65. The number of hydrogen-bond donors (Lipinski definition) is 0. The summed E-state index contributed by atoms with van der Waals surface area (Å²) in [6, 6.07) is 0. The molecular weight excluding hydrogens is 288 g/mol. The van der Waals surface area contributed by atoms with E-state index >= 15 is 0 Å². The van der Waals surface area contributed by atoms with Crippen molar-refractivity contribution < 1.29 is 28.7 Å². The van der Waals surface area contributed by atoms with Gasteiger partial charge >= 0.3 is 23.9 Å². The molecule has 120 valence electrons. The average Bonchev–Trinajstić information content (AvgIpc) is 2.35. The van der Waals surface area contributed by atoms with Gasteiger partial charge in [-0.05, 0) is 50.4 Å². The fourth-order valence-electron chi connectivity index (χ4n) is 5.22. The van der Waals surface area contributed by atoms with E-state index in [2.05, 4.69) is 0 Å². The minimum Gasteiger partial charge on any atom is -0.393 e. The largest absolute Gasteiger partial charge is 0.393 e. The fourth-order valence-corrected chi connectivity index (χ4v) is 5.22. The average molecular weight is 308 g/mol. The normalized spacial score (nSPS) is 38.5. The van der Waals surface area contributed by atoms with Gasteiger partial charge in [-0.2, -0.15) is 0 Å². The molecule has 0 radical (unpaired) electrons. The molecule has 0 spiro atoms. The van der Waals surface area contributed by atoms with Crippen LogP contribution in [-0.2, 0) is 28.7 Å². The summed E-state index contributed by atoms with van der Waals surface area (Å²) in [4.78, 5) is 47.1. The molecule has 4 saturated carbocycles. The van der Waals surface area contributed by atoms with E-state index in [0.29, 0.717) is 32.1 Å². The Labute approximate surface area is 128 Å². The van der Waals surface area contributed by atoms with Gasteiger partial charge in [0.1, 0.15) is 0 Å². The van der Waals surface area contributed by atoms with Gasteiger partial charge in [-0.1, -0.05) is 0 Å².